The van der Waals surface area contributed by atoms with Gasteiger partial charge in [0.05, 0.1) is 5.41 Å². The molecule has 0 aromatic heterocycles. The highest BCUT2D eigenvalue weighted by molar-refractivity contribution is 7.93. The van der Waals surface area contributed by atoms with Gasteiger partial charge in [-0.05, 0) is 42.4 Å². The first-order valence-electron chi connectivity index (χ1n) is 9.05. The molecule has 1 aliphatic rings. The molecule has 27 heavy (non-hydrogen) atoms. The molecule has 2 aromatic carbocycles. The summed E-state index contributed by atoms with van der Waals surface area (Å²) in [7, 11) is -3.85. The van der Waals surface area contributed by atoms with Gasteiger partial charge >= 0.3 is 6.03 Å². The molecule has 0 atom stereocenters. The van der Waals surface area contributed by atoms with Crippen molar-refractivity contribution in [2.75, 3.05) is 13.1 Å². The van der Waals surface area contributed by atoms with E-state index in [-0.39, 0.29) is 0 Å². The molecule has 142 valence electrons. The molecule has 3 rings (SSSR count). The number of sulfonamides is 1. The minimum Gasteiger partial charge on any atom is -0.324 e. The van der Waals surface area contributed by atoms with Crippen LogP contribution < -0.4 is 4.72 Å². The van der Waals surface area contributed by atoms with Crippen molar-refractivity contribution >= 4 is 21.6 Å². The zero-order chi connectivity index (χ0) is 19.3. The van der Waals surface area contributed by atoms with Gasteiger partial charge in [0.25, 0.3) is 10.0 Å². The lowest BCUT2D eigenvalue weighted by atomic mass is 9.90. The van der Waals surface area contributed by atoms with E-state index >= 15 is 0 Å². The number of urea groups is 1. The molecule has 1 N–H and O–H groups in total. The highest BCUT2D eigenvalue weighted by Gasteiger charge is 2.25. The molecule has 1 saturated heterocycles. The van der Waals surface area contributed by atoms with Crippen molar-refractivity contribution in [2.45, 2.75) is 25.7 Å². The fourth-order valence-corrected chi connectivity index (χ4v) is 4.39. The Labute approximate surface area is 160 Å². The van der Waals surface area contributed by atoms with Crippen molar-refractivity contribution in [2.24, 2.45) is 0 Å². The van der Waals surface area contributed by atoms with Gasteiger partial charge in [-0.15, -0.1) is 0 Å². The quantitative estimate of drug-likeness (QED) is 0.867. The topological polar surface area (TPSA) is 66.5 Å². The Morgan fingerprint density at radius 2 is 1.56 bits per heavy atom. The average Bonchev–Trinajstić information content (AvgIpc) is 2.68. The molecule has 2 amide bonds. The molecule has 1 aliphatic heterocycles. The second-order valence-electron chi connectivity index (χ2n) is 6.79. The number of amides is 2. The van der Waals surface area contributed by atoms with Crippen LogP contribution in [0.15, 0.2) is 66.1 Å². The van der Waals surface area contributed by atoms with Crippen molar-refractivity contribution in [1.29, 1.82) is 0 Å². The molecule has 2 aromatic rings. The van der Waals surface area contributed by atoms with Crippen LogP contribution in [0.1, 0.15) is 36.8 Å². The van der Waals surface area contributed by atoms with E-state index in [1.165, 1.54) is 5.56 Å². The zero-order valence-corrected chi connectivity index (χ0v) is 16.2. The van der Waals surface area contributed by atoms with Gasteiger partial charge in [-0.3, -0.25) is 0 Å². The van der Waals surface area contributed by atoms with Crippen LogP contribution in [-0.4, -0.2) is 32.4 Å². The van der Waals surface area contributed by atoms with E-state index in [2.05, 4.69) is 16.9 Å². The molecule has 0 unspecified atom stereocenters. The lowest BCUT2D eigenvalue weighted by molar-refractivity contribution is 0.187. The van der Waals surface area contributed by atoms with Crippen LogP contribution >= 0.6 is 0 Å². The highest BCUT2D eigenvalue weighted by Crippen LogP contribution is 2.27. The van der Waals surface area contributed by atoms with E-state index in [1.807, 2.05) is 48.5 Å². The van der Waals surface area contributed by atoms with Crippen LogP contribution in [0.3, 0.4) is 0 Å². The van der Waals surface area contributed by atoms with E-state index in [0.717, 1.165) is 23.8 Å². The summed E-state index contributed by atoms with van der Waals surface area (Å²) >= 11 is 0. The van der Waals surface area contributed by atoms with E-state index in [9.17, 15) is 13.2 Å². The third kappa shape index (κ3) is 5.20. The van der Waals surface area contributed by atoms with Crippen LogP contribution in [0.25, 0.3) is 5.57 Å². The molecular weight excluding hydrogens is 360 g/mol. The number of hydrogen-bond donors (Lipinski definition) is 1. The molecule has 6 heteroatoms. The van der Waals surface area contributed by atoms with E-state index in [1.54, 1.807) is 11.8 Å². The van der Waals surface area contributed by atoms with Gasteiger partial charge in [-0.1, -0.05) is 60.7 Å². The predicted molar refractivity (Wildman–Crippen MR) is 108 cm³/mol. The summed E-state index contributed by atoms with van der Waals surface area (Å²) < 4.78 is 26.8. The summed E-state index contributed by atoms with van der Waals surface area (Å²) in [6.45, 7) is 2.80. The number of rotatable bonds is 4. The number of benzene rings is 2. The fraction of sp³-hybridized carbons (Fsp3) is 0.286. The van der Waals surface area contributed by atoms with Gasteiger partial charge in [0.1, 0.15) is 0 Å². The number of piperidine rings is 1. The molecular formula is C21H24N2O3S. The molecule has 0 aliphatic carbocycles. The minimum absolute atomic E-state index is 0.409. The first-order valence-corrected chi connectivity index (χ1v) is 10.6. The Bertz CT molecular complexity index is 901. The Morgan fingerprint density at radius 1 is 1.00 bits per heavy atom. The van der Waals surface area contributed by atoms with Gasteiger partial charge in [0.15, 0.2) is 0 Å². The third-order valence-corrected chi connectivity index (χ3v) is 5.97. The summed E-state index contributed by atoms with van der Waals surface area (Å²) in [6.07, 6.45) is 1.66. The van der Waals surface area contributed by atoms with Crippen molar-refractivity contribution in [1.82, 2.24) is 9.62 Å². The Balaban J connectivity index is 1.59. The smallest absolute Gasteiger partial charge is 0.324 e. The molecule has 5 nitrogen and oxygen atoms in total. The maximum atomic E-state index is 12.4. The van der Waals surface area contributed by atoms with Gasteiger partial charge in [0.2, 0.25) is 0 Å². The molecule has 1 heterocycles. The summed E-state index contributed by atoms with van der Waals surface area (Å²) in [6, 6.07) is 18.9. The van der Waals surface area contributed by atoms with Crippen LogP contribution in [0.5, 0.6) is 0 Å². The Hall–Kier alpha value is -2.60. The van der Waals surface area contributed by atoms with Crippen molar-refractivity contribution < 1.29 is 13.2 Å². The highest BCUT2D eigenvalue weighted by atomic mass is 32.2. The normalized spacial score (nSPS) is 16.2. The second kappa shape index (κ2) is 8.39. The summed E-state index contributed by atoms with van der Waals surface area (Å²) in [5, 5.41) is 1.11. The van der Waals surface area contributed by atoms with Crippen molar-refractivity contribution in [3.63, 3.8) is 0 Å². The third-order valence-electron chi connectivity index (χ3n) is 4.84. The molecule has 0 spiro atoms. The number of carbonyl (C=O) groups excluding carboxylic acids is 1. The number of likely N-dealkylation sites (tertiary alicyclic amines) is 1. The molecule has 0 bridgehead atoms. The maximum absolute atomic E-state index is 12.4. The second-order valence-corrected chi connectivity index (χ2v) is 8.32. The summed E-state index contributed by atoms with van der Waals surface area (Å²) in [5.74, 6) is 0.409. The van der Waals surface area contributed by atoms with Crippen LogP contribution in [0, 0.1) is 0 Å². The number of hydrogen-bond acceptors (Lipinski definition) is 3. The fourth-order valence-electron chi connectivity index (χ4n) is 3.36. The number of nitrogens with one attached hydrogen (secondary N) is 1. The maximum Gasteiger partial charge on any atom is 0.331 e. The molecule has 0 radical (unpaired) electrons. The van der Waals surface area contributed by atoms with E-state index < -0.39 is 16.1 Å². The lowest BCUT2D eigenvalue weighted by Crippen LogP contribution is -2.45. The van der Waals surface area contributed by atoms with Crippen molar-refractivity contribution in [3.05, 3.63) is 77.2 Å². The van der Waals surface area contributed by atoms with Gasteiger partial charge in [0, 0.05) is 13.1 Å². The minimum atomic E-state index is -3.85. The largest absolute Gasteiger partial charge is 0.331 e. The average molecular weight is 385 g/mol. The van der Waals surface area contributed by atoms with Gasteiger partial charge in [-0.25, -0.2) is 17.9 Å². The number of nitrogens with zero attached hydrogens (tertiary/aromatic N) is 1. The van der Waals surface area contributed by atoms with Crippen molar-refractivity contribution in [3.8, 4) is 0 Å². The van der Waals surface area contributed by atoms with Crippen LogP contribution in [-0.2, 0) is 10.0 Å². The van der Waals surface area contributed by atoms with Crippen LogP contribution in [0.2, 0.25) is 0 Å². The first kappa shape index (κ1) is 19.2. The Kier molecular flexibility index (Phi) is 5.96. The first-order chi connectivity index (χ1) is 12.9. The SMILES string of the molecule is C/C(=C\S(=O)(=O)NC(=O)N1CCC(c2ccccc2)CC1)c1ccccc1. The zero-order valence-electron chi connectivity index (χ0n) is 15.3. The number of allylic oxidation sites excluding steroid dienone is 1. The Morgan fingerprint density at radius 3 is 2.15 bits per heavy atom. The number of carbonyl (C=O) groups is 1. The van der Waals surface area contributed by atoms with E-state index in [0.29, 0.717) is 24.6 Å². The van der Waals surface area contributed by atoms with Gasteiger partial charge < -0.3 is 4.90 Å². The molecule has 0 saturated carbocycles. The standard InChI is InChI=1S/C21H24N2O3S/c1-17(18-8-4-2-5-9-18)16-27(25,26)22-21(24)23-14-12-20(13-15-23)19-10-6-3-7-11-19/h2-11,16,20H,12-15H2,1H3,(H,22,24)/b17-16+. The van der Waals surface area contributed by atoms with E-state index in [4.69, 9.17) is 0 Å². The summed E-state index contributed by atoms with van der Waals surface area (Å²) in [4.78, 5) is 14.0. The summed E-state index contributed by atoms with van der Waals surface area (Å²) in [5.41, 5.74) is 2.66. The predicted octanol–water partition coefficient (Wildman–Crippen LogP) is 3.97. The molecule has 1 fully saturated rings. The monoisotopic (exact) mass is 384 g/mol. The van der Waals surface area contributed by atoms with Gasteiger partial charge in [-0.2, -0.15) is 0 Å². The van der Waals surface area contributed by atoms with Crippen LogP contribution in [0.4, 0.5) is 4.79 Å². The lowest BCUT2D eigenvalue weighted by Gasteiger charge is -2.32.